The summed E-state index contributed by atoms with van der Waals surface area (Å²) in [6.07, 6.45) is 18.6. The summed E-state index contributed by atoms with van der Waals surface area (Å²) < 4.78 is 0.448. The lowest BCUT2D eigenvalue weighted by Gasteiger charge is -2.27. The highest BCUT2D eigenvalue weighted by Gasteiger charge is 2.18. The number of carboxylic acids is 1. The molecule has 0 spiro atoms. The minimum atomic E-state index is -0.781. The summed E-state index contributed by atoms with van der Waals surface area (Å²) in [5.41, 5.74) is 0. The van der Waals surface area contributed by atoms with Crippen molar-refractivity contribution in [2.45, 2.75) is 110 Å². The molecule has 0 rings (SSSR count). The van der Waals surface area contributed by atoms with Gasteiger partial charge in [0, 0.05) is 19.4 Å². The zero-order chi connectivity index (χ0) is 22.7. The predicted octanol–water partition coefficient (Wildman–Crippen LogP) is 5.77. The number of hydrogen-bond donors (Lipinski definition) is 2. The van der Waals surface area contributed by atoms with Gasteiger partial charge in [0.1, 0.15) is 0 Å². The van der Waals surface area contributed by atoms with Crippen molar-refractivity contribution in [3.63, 3.8) is 0 Å². The van der Waals surface area contributed by atoms with Crippen LogP contribution in [-0.4, -0.2) is 55.2 Å². The van der Waals surface area contributed by atoms with Gasteiger partial charge >= 0.3 is 5.97 Å². The van der Waals surface area contributed by atoms with E-state index < -0.39 is 5.97 Å². The third kappa shape index (κ3) is 21.6. The molecule has 0 radical (unpaired) electrons. The van der Waals surface area contributed by atoms with E-state index >= 15 is 0 Å². The molecule has 0 aromatic heterocycles. The van der Waals surface area contributed by atoms with E-state index in [1.165, 1.54) is 70.6 Å². The summed E-state index contributed by atoms with van der Waals surface area (Å²) in [6, 6.07) is 0. The lowest BCUT2D eigenvalue weighted by molar-refractivity contribution is -0.883. The highest BCUT2D eigenvalue weighted by molar-refractivity contribution is 5.75. The standard InChI is InChI=1S/C25H50N2O3/c1-23(2)18-15-13-11-9-7-5-6-8-10-12-14-16-19-24(28)26-20-17-21-27(3,4)22-25(29)30/h23H,5-22H2,1-4H3,(H-,26,28,29,30)/p+1. The number of unbranched alkanes of at least 4 members (excludes halogenated alkanes) is 11. The van der Waals surface area contributed by atoms with Gasteiger partial charge in [-0.2, -0.15) is 0 Å². The maximum Gasteiger partial charge on any atom is 0.359 e. The highest BCUT2D eigenvalue weighted by Crippen LogP contribution is 2.14. The van der Waals surface area contributed by atoms with Gasteiger partial charge in [0.2, 0.25) is 5.91 Å². The van der Waals surface area contributed by atoms with Crippen molar-refractivity contribution in [2.75, 3.05) is 33.7 Å². The molecule has 5 heteroatoms. The molecule has 1 amide bonds. The van der Waals surface area contributed by atoms with Crippen molar-refractivity contribution >= 4 is 11.9 Å². The molecule has 0 aromatic carbocycles. The molecular formula is C25H51N2O3+. The lowest BCUT2D eigenvalue weighted by Crippen LogP contribution is -2.45. The summed E-state index contributed by atoms with van der Waals surface area (Å²) in [6.45, 7) is 6.13. The Morgan fingerprint density at radius 3 is 1.70 bits per heavy atom. The van der Waals surface area contributed by atoms with Gasteiger partial charge in [-0.25, -0.2) is 4.79 Å². The van der Waals surface area contributed by atoms with Crippen LogP contribution in [0, 0.1) is 5.92 Å². The number of amides is 1. The fraction of sp³-hybridized carbons (Fsp3) is 0.920. The molecule has 0 fully saturated rings. The Morgan fingerprint density at radius 2 is 1.23 bits per heavy atom. The number of quaternary nitrogens is 1. The Labute approximate surface area is 186 Å². The number of carboxylic acid groups (broad SMARTS) is 1. The van der Waals surface area contributed by atoms with E-state index in [9.17, 15) is 9.59 Å². The average Bonchev–Trinajstić information content (AvgIpc) is 2.64. The molecule has 0 aliphatic rings. The van der Waals surface area contributed by atoms with Crippen molar-refractivity contribution in [1.82, 2.24) is 5.32 Å². The van der Waals surface area contributed by atoms with Crippen LogP contribution in [0.25, 0.3) is 0 Å². The molecule has 0 unspecified atom stereocenters. The maximum atomic E-state index is 11.9. The van der Waals surface area contributed by atoms with Gasteiger partial charge in [-0.05, 0) is 12.3 Å². The van der Waals surface area contributed by atoms with E-state index in [1.807, 2.05) is 14.1 Å². The summed E-state index contributed by atoms with van der Waals surface area (Å²) in [7, 11) is 3.82. The zero-order valence-corrected chi connectivity index (χ0v) is 20.5. The first-order valence-corrected chi connectivity index (χ1v) is 12.5. The first-order chi connectivity index (χ1) is 14.2. The van der Waals surface area contributed by atoms with E-state index in [1.54, 1.807) is 0 Å². The summed E-state index contributed by atoms with van der Waals surface area (Å²) in [5, 5.41) is 11.8. The number of carbonyl (C=O) groups is 2. The van der Waals surface area contributed by atoms with Crippen LogP contribution in [0.3, 0.4) is 0 Å². The van der Waals surface area contributed by atoms with Gasteiger partial charge < -0.3 is 14.9 Å². The maximum absolute atomic E-state index is 11.9. The Balaban J connectivity index is 3.33. The van der Waals surface area contributed by atoms with Crippen LogP contribution in [0.4, 0.5) is 0 Å². The molecule has 30 heavy (non-hydrogen) atoms. The van der Waals surface area contributed by atoms with Crippen LogP contribution in [0.2, 0.25) is 0 Å². The molecule has 0 aliphatic carbocycles. The zero-order valence-electron chi connectivity index (χ0n) is 20.5. The van der Waals surface area contributed by atoms with Crippen LogP contribution in [-0.2, 0) is 9.59 Å². The molecule has 0 bridgehead atoms. The summed E-state index contributed by atoms with van der Waals surface area (Å²) in [5.74, 6) is 0.205. The second-order valence-electron chi connectivity index (χ2n) is 10.1. The Morgan fingerprint density at radius 1 is 0.767 bits per heavy atom. The van der Waals surface area contributed by atoms with Crippen LogP contribution in [0.5, 0.6) is 0 Å². The fourth-order valence-electron chi connectivity index (χ4n) is 3.87. The second-order valence-corrected chi connectivity index (χ2v) is 10.1. The lowest BCUT2D eigenvalue weighted by atomic mass is 10.0. The van der Waals surface area contributed by atoms with Crippen LogP contribution in [0.15, 0.2) is 0 Å². The van der Waals surface area contributed by atoms with Crippen molar-refractivity contribution in [3.05, 3.63) is 0 Å². The number of hydrogen-bond acceptors (Lipinski definition) is 2. The van der Waals surface area contributed by atoms with Crippen LogP contribution in [0.1, 0.15) is 110 Å². The topological polar surface area (TPSA) is 66.4 Å². The quantitative estimate of drug-likeness (QED) is 0.180. The number of carbonyl (C=O) groups excluding carboxylic acids is 1. The monoisotopic (exact) mass is 427 g/mol. The first-order valence-electron chi connectivity index (χ1n) is 12.5. The van der Waals surface area contributed by atoms with E-state index in [-0.39, 0.29) is 12.5 Å². The number of rotatable bonds is 21. The average molecular weight is 428 g/mol. The molecular weight excluding hydrogens is 376 g/mol. The van der Waals surface area contributed by atoms with Crippen LogP contribution < -0.4 is 5.32 Å². The van der Waals surface area contributed by atoms with E-state index in [4.69, 9.17) is 5.11 Å². The fourth-order valence-corrected chi connectivity index (χ4v) is 3.87. The minimum absolute atomic E-state index is 0.117. The molecule has 0 saturated carbocycles. The van der Waals surface area contributed by atoms with E-state index in [0.29, 0.717) is 17.4 Å². The third-order valence-electron chi connectivity index (χ3n) is 5.76. The molecule has 2 N–H and O–H groups in total. The van der Waals surface area contributed by atoms with E-state index in [2.05, 4.69) is 19.2 Å². The van der Waals surface area contributed by atoms with Gasteiger partial charge in [-0.3, -0.25) is 4.79 Å². The van der Waals surface area contributed by atoms with Gasteiger partial charge in [0.05, 0.1) is 20.6 Å². The number of aliphatic carboxylic acids is 1. The predicted molar refractivity (Wildman–Crippen MR) is 127 cm³/mol. The highest BCUT2D eigenvalue weighted by atomic mass is 16.4. The Hall–Kier alpha value is -1.10. The molecule has 0 aromatic rings. The van der Waals surface area contributed by atoms with Gasteiger partial charge in [0.25, 0.3) is 0 Å². The Kier molecular flexibility index (Phi) is 18.0. The van der Waals surface area contributed by atoms with Crippen molar-refractivity contribution in [1.29, 1.82) is 0 Å². The molecule has 0 saturated heterocycles. The summed E-state index contributed by atoms with van der Waals surface area (Å²) >= 11 is 0. The Bertz CT molecular complexity index is 436. The van der Waals surface area contributed by atoms with Gasteiger partial charge in [0.15, 0.2) is 6.54 Å². The first kappa shape index (κ1) is 28.9. The van der Waals surface area contributed by atoms with Crippen molar-refractivity contribution in [3.8, 4) is 0 Å². The number of nitrogens with one attached hydrogen (secondary N) is 1. The largest absolute Gasteiger partial charge is 0.477 e. The van der Waals surface area contributed by atoms with Crippen molar-refractivity contribution in [2.24, 2.45) is 5.92 Å². The third-order valence-corrected chi connectivity index (χ3v) is 5.76. The molecule has 178 valence electrons. The molecule has 0 atom stereocenters. The van der Waals surface area contributed by atoms with Gasteiger partial charge in [-0.1, -0.05) is 90.9 Å². The minimum Gasteiger partial charge on any atom is -0.477 e. The van der Waals surface area contributed by atoms with Crippen molar-refractivity contribution < 1.29 is 19.2 Å². The van der Waals surface area contributed by atoms with E-state index in [0.717, 1.165) is 31.7 Å². The SMILES string of the molecule is CC(C)CCCCCCCCCCCCCCC(=O)NCCC[N+](C)(C)CC(=O)O. The molecule has 0 aliphatic heterocycles. The molecule has 5 nitrogen and oxygen atoms in total. The normalized spacial score (nSPS) is 11.8. The van der Waals surface area contributed by atoms with Crippen LogP contribution >= 0.6 is 0 Å². The second kappa shape index (κ2) is 18.7. The molecule has 0 heterocycles. The number of nitrogens with zero attached hydrogens (tertiary/aromatic N) is 1. The smallest absolute Gasteiger partial charge is 0.359 e. The van der Waals surface area contributed by atoms with Gasteiger partial charge in [-0.15, -0.1) is 0 Å². The number of likely N-dealkylation sites (N-methyl/N-ethyl adjacent to an activating group) is 1. The summed E-state index contributed by atoms with van der Waals surface area (Å²) in [4.78, 5) is 22.7.